The lowest BCUT2D eigenvalue weighted by atomic mass is 9.78. The number of thioether (sulfide) groups is 1. The van der Waals surface area contributed by atoms with Crippen LogP contribution in [-0.2, 0) is 16.6 Å². The van der Waals surface area contributed by atoms with Crippen LogP contribution in [0.25, 0.3) is 0 Å². The average molecular weight is 368 g/mol. The van der Waals surface area contributed by atoms with Gasteiger partial charge in [0.15, 0.2) is 0 Å². The van der Waals surface area contributed by atoms with E-state index in [0.717, 1.165) is 25.0 Å². The van der Waals surface area contributed by atoms with Gasteiger partial charge in [-0.3, -0.25) is 4.79 Å². The Bertz CT molecular complexity index is 773. The van der Waals surface area contributed by atoms with Gasteiger partial charge in [0.2, 0.25) is 5.91 Å². The predicted octanol–water partition coefficient (Wildman–Crippen LogP) is 4.34. The SMILES string of the molecule is COc1ccccc1C1(CNC(=O)C2Cc3ccccc3S2)CCCC1. The lowest BCUT2D eigenvalue weighted by Gasteiger charge is -2.31. The van der Waals surface area contributed by atoms with Gasteiger partial charge in [0.05, 0.1) is 12.4 Å². The molecule has 4 heteroatoms. The summed E-state index contributed by atoms with van der Waals surface area (Å²) in [6.07, 6.45) is 5.45. The number of benzene rings is 2. The second-order valence-electron chi connectivity index (χ2n) is 7.32. The maximum absolute atomic E-state index is 12.8. The second-order valence-corrected chi connectivity index (χ2v) is 8.57. The molecular weight excluding hydrogens is 342 g/mol. The van der Waals surface area contributed by atoms with Crippen LogP contribution in [-0.4, -0.2) is 24.8 Å². The van der Waals surface area contributed by atoms with Crippen LogP contribution < -0.4 is 10.1 Å². The Labute approximate surface area is 159 Å². The van der Waals surface area contributed by atoms with Crippen molar-refractivity contribution in [2.24, 2.45) is 0 Å². The van der Waals surface area contributed by atoms with Gasteiger partial charge >= 0.3 is 0 Å². The number of amides is 1. The van der Waals surface area contributed by atoms with Crippen molar-refractivity contribution in [1.29, 1.82) is 0 Å². The van der Waals surface area contributed by atoms with Gasteiger partial charge in [-0.2, -0.15) is 0 Å². The van der Waals surface area contributed by atoms with E-state index in [4.69, 9.17) is 4.74 Å². The number of carbonyl (C=O) groups excluding carboxylic acids is 1. The summed E-state index contributed by atoms with van der Waals surface area (Å²) in [7, 11) is 1.73. The van der Waals surface area contributed by atoms with E-state index in [2.05, 4.69) is 35.6 Å². The molecule has 1 saturated carbocycles. The molecule has 0 bridgehead atoms. The third kappa shape index (κ3) is 3.23. The molecule has 0 saturated heterocycles. The Morgan fingerprint density at radius 2 is 1.88 bits per heavy atom. The second kappa shape index (κ2) is 7.36. The first kappa shape index (κ1) is 17.5. The number of para-hydroxylation sites is 1. The van der Waals surface area contributed by atoms with Crippen molar-refractivity contribution in [2.45, 2.75) is 47.7 Å². The van der Waals surface area contributed by atoms with Crippen molar-refractivity contribution in [3.63, 3.8) is 0 Å². The first-order valence-electron chi connectivity index (χ1n) is 9.38. The Hall–Kier alpha value is -1.94. The van der Waals surface area contributed by atoms with Gasteiger partial charge in [0, 0.05) is 22.4 Å². The highest BCUT2D eigenvalue weighted by molar-refractivity contribution is 8.01. The fraction of sp³-hybridized carbons (Fsp3) is 0.409. The van der Waals surface area contributed by atoms with E-state index in [1.165, 1.54) is 28.9 Å². The smallest absolute Gasteiger partial charge is 0.233 e. The van der Waals surface area contributed by atoms with Crippen molar-refractivity contribution in [3.8, 4) is 5.75 Å². The Kier molecular flexibility index (Phi) is 4.94. The lowest BCUT2D eigenvalue weighted by Crippen LogP contribution is -2.42. The number of nitrogens with one attached hydrogen (secondary N) is 1. The van der Waals surface area contributed by atoms with Crippen molar-refractivity contribution < 1.29 is 9.53 Å². The van der Waals surface area contributed by atoms with Crippen LogP contribution >= 0.6 is 11.8 Å². The molecule has 2 aromatic carbocycles. The molecule has 1 aliphatic heterocycles. The molecule has 0 radical (unpaired) electrons. The maximum atomic E-state index is 12.8. The van der Waals surface area contributed by atoms with Crippen molar-refractivity contribution in [1.82, 2.24) is 5.32 Å². The molecule has 1 aliphatic carbocycles. The summed E-state index contributed by atoms with van der Waals surface area (Å²) >= 11 is 1.69. The number of ether oxygens (including phenoxy) is 1. The zero-order valence-corrected chi connectivity index (χ0v) is 16.0. The van der Waals surface area contributed by atoms with Gasteiger partial charge in [-0.25, -0.2) is 0 Å². The summed E-state index contributed by atoms with van der Waals surface area (Å²) in [5.41, 5.74) is 2.53. The van der Waals surface area contributed by atoms with Crippen LogP contribution in [0.2, 0.25) is 0 Å². The lowest BCUT2D eigenvalue weighted by molar-refractivity contribution is -0.120. The van der Waals surface area contributed by atoms with E-state index >= 15 is 0 Å². The molecule has 2 aliphatic rings. The molecule has 0 spiro atoms. The van der Waals surface area contributed by atoms with Gasteiger partial charge in [0.1, 0.15) is 5.75 Å². The first-order valence-corrected chi connectivity index (χ1v) is 10.3. The molecular formula is C22H25NO2S. The van der Waals surface area contributed by atoms with Crippen molar-refractivity contribution >= 4 is 17.7 Å². The maximum Gasteiger partial charge on any atom is 0.233 e. The molecule has 1 unspecified atom stereocenters. The van der Waals surface area contributed by atoms with Crippen molar-refractivity contribution in [3.05, 3.63) is 59.7 Å². The van der Waals surface area contributed by atoms with E-state index in [1.54, 1.807) is 18.9 Å². The van der Waals surface area contributed by atoms with Gasteiger partial charge in [0.25, 0.3) is 0 Å². The Morgan fingerprint density at radius 1 is 1.15 bits per heavy atom. The van der Waals surface area contributed by atoms with Crippen LogP contribution in [0.1, 0.15) is 36.8 Å². The minimum absolute atomic E-state index is 0.00160. The minimum atomic E-state index is -0.0106. The fourth-order valence-electron chi connectivity index (χ4n) is 4.37. The number of hydrogen-bond donors (Lipinski definition) is 1. The molecule has 1 fully saturated rings. The minimum Gasteiger partial charge on any atom is -0.496 e. The number of carbonyl (C=O) groups is 1. The summed E-state index contributed by atoms with van der Waals surface area (Å²) in [5, 5.41) is 3.27. The number of fused-ring (bicyclic) bond motifs is 1. The van der Waals surface area contributed by atoms with E-state index in [0.29, 0.717) is 6.54 Å². The quantitative estimate of drug-likeness (QED) is 0.854. The first-order chi connectivity index (χ1) is 12.7. The van der Waals surface area contributed by atoms with Crippen LogP contribution in [0, 0.1) is 0 Å². The molecule has 136 valence electrons. The normalized spacial score (nSPS) is 20.6. The third-order valence-electron chi connectivity index (χ3n) is 5.78. The molecule has 1 heterocycles. The highest BCUT2D eigenvalue weighted by Gasteiger charge is 2.39. The Balaban J connectivity index is 1.48. The zero-order chi connectivity index (χ0) is 18.0. The molecule has 26 heavy (non-hydrogen) atoms. The van der Waals surface area contributed by atoms with Gasteiger partial charge in [-0.1, -0.05) is 49.2 Å². The van der Waals surface area contributed by atoms with Gasteiger partial charge in [-0.15, -0.1) is 11.8 Å². The summed E-state index contributed by atoms with van der Waals surface area (Å²) < 4.78 is 5.61. The fourth-order valence-corrected chi connectivity index (χ4v) is 5.59. The highest BCUT2D eigenvalue weighted by atomic mass is 32.2. The van der Waals surface area contributed by atoms with Crippen LogP contribution in [0.5, 0.6) is 5.75 Å². The number of methoxy groups -OCH3 is 1. The molecule has 1 amide bonds. The average Bonchev–Trinajstić information content (AvgIpc) is 3.33. The molecule has 2 aromatic rings. The van der Waals surface area contributed by atoms with Crippen molar-refractivity contribution in [2.75, 3.05) is 13.7 Å². The summed E-state index contributed by atoms with van der Waals surface area (Å²) in [4.78, 5) is 14.1. The summed E-state index contributed by atoms with van der Waals surface area (Å²) in [5.74, 6) is 1.10. The van der Waals surface area contributed by atoms with Crippen LogP contribution in [0.15, 0.2) is 53.4 Å². The van der Waals surface area contributed by atoms with Gasteiger partial charge in [-0.05, 0) is 37.0 Å². The topological polar surface area (TPSA) is 38.3 Å². The van der Waals surface area contributed by atoms with E-state index in [-0.39, 0.29) is 16.6 Å². The van der Waals surface area contributed by atoms with E-state index < -0.39 is 0 Å². The van der Waals surface area contributed by atoms with E-state index in [1.807, 2.05) is 18.2 Å². The van der Waals surface area contributed by atoms with Crippen LogP contribution in [0.3, 0.4) is 0 Å². The number of hydrogen-bond acceptors (Lipinski definition) is 3. The van der Waals surface area contributed by atoms with Crippen LogP contribution in [0.4, 0.5) is 0 Å². The molecule has 1 N–H and O–H groups in total. The standard InChI is InChI=1S/C22H25NO2S/c1-25-18-10-4-3-9-17(18)22(12-6-7-13-22)15-23-21(24)20-14-16-8-2-5-11-19(16)26-20/h2-5,8-11,20H,6-7,12-15H2,1H3,(H,23,24). The Morgan fingerprint density at radius 3 is 2.65 bits per heavy atom. The summed E-state index contributed by atoms with van der Waals surface area (Å²) in [6, 6.07) is 16.6. The molecule has 1 atom stereocenters. The molecule has 4 rings (SSSR count). The number of rotatable bonds is 5. The highest BCUT2D eigenvalue weighted by Crippen LogP contribution is 2.44. The van der Waals surface area contributed by atoms with Gasteiger partial charge < -0.3 is 10.1 Å². The zero-order valence-electron chi connectivity index (χ0n) is 15.2. The molecule has 3 nitrogen and oxygen atoms in total. The van der Waals surface area contributed by atoms with E-state index in [9.17, 15) is 4.79 Å². The third-order valence-corrected chi connectivity index (χ3v) is 7.10. The largest absolute Gasteiger partial charge is 0.496 e. The monoisotopic (exact) mass is 367 g/mol. The molecule has 0 aromatic heterocycles. The summed E-state index contributed by atoms with van der Waals surface area (Å²) in [6.45, 7) is 0.694. The predicted molar refractivity (Wildman–Crippen MR) is 106 cm³/mol.